The van der Waals surface area contributed by atoms with Gasteiger partial charge in [-0.3, -0.25) is 4.57 Å². The van der Waals surface area contributed by atoms with Gasteiger partial charge >= 0.3 is 0 Å². The molecule has 0 aliphatic heterocycles. The van der Waals surface area contributed by atoms with Gasteiger partial charge < -0.3 is 4.98 Å². The summed E-state index contributed by atoms with van der Waals surface area (Å²) in [7, 11) is 0. The smallest absolute Gasteiger partial charge is 0.182 e. The zero-order valence-electron chi connectivity index (χ0n) is 13.1. The molecule has 0 spiro atoms. The number of nitrogens with one attached hydrogen (secondary N) is 1. The third-order valence-corrected chi connectivity index (χ3v) is 4.03. The number of hydrogen-bond donors (Lipinski definition) is 1. The van der Waals surface area contributed by atoms with Crippen LogP contribution in [0.15, 0.2) is 24.4 Å². The number of benzene rings is 1. The van der Waals surface area contributed by atoms with Crippen LogP contribution in [0.4, 0.5) is 0 Å². The lowest BCUT2D eigenvalue weighted by Gasteiger charge is -2.23. The summed E-state index contributed by atoms with van der Waals surface area (Å²) < 4.78 is 3.01. The summed E-state index contributed by atoms with van der Waals surface area (Å²) in [5.41, 5.74) is 5.27. The first-order valence-electron chi connectivity index (χ1n) is 7.32. The second-order valence-electron chi connectivity index (χ2n) is 6.20. The number of aryl methyl sites for hydroxylation is 2. The van der Waals surface area contributed by atoms with Gasteiger partial charge in [-0.25, -0.2) is 0 Å². The summed E-state index contributed by atoms with van der Waals surface area (Å²) in [5.74, 6) is 0. The van der Waals surface area contributed by atoms with Gasteiger partial charge in [-0.15, -0.1) is 0 Å². The largest absolute Gasteiger partial charge is 0.337 e. The summed E-state index contributed by atoms with van der Waals surface area (Å²) in [5, 5.41) is 0. The van der Waals surface area contributed by atoms with Crippen molar-refractivity contribution >= 4 is 12.2 Å². The van der Waals surface area contributed by atoms with Crippen LogP contribution < -0.4 is 0 Å². The van der Waals surface area contributed by atoms with Crippen molar-refractivity contribution in [2.24, 2.45) is 0 Å². The molecule has 0 aliphatic carbocycles. The fourth-order valence-electron chi connectivity index (χ4n) is 2.64. The molecule has 1 aromatic heterocycles. The van der Waals surface area contributed by atoms with E-state index in [1.165, 1.54) is 22.5 Å². The van der Waals surface area contributed by atoms with Crippen molar-refractivity contribution in [1.82, 2.24) is 9.55 Å². The molecule has 108 valence electrons. The lowest BCUT2D eigenvalue weighted by molar-refractivity contribution is 0.554. The Morgan fingerprint density at radius 3 is 2.10 bits per heavy atom. The van der Waals surface area contributed by atoms with Crippen LogP contribution in [-0.2, 0) is 18.3 Å². The third-order valence-electron chi connectivity index (χ3n) is 3.73. The van der Waals surface area contributed by atoms with Crippen molar-refractivity contribution in [3.63, 3.8) is 0 Å². The molecule has 1 heterocycles. The maximum absolute atomic E-state index is 5.55. The first-order chi connectivity index (χ1) is 9.40. The lowest BCUT2D eigenvalue weighted by Crippen LogP contribution is -2.18. The van der Waals surface area contributed by atoms with E-state index in [-0.39, 0.29) is 5.41 Å². The fraction of sp³-hybridized carbons (Fsp3) is 0.471. The molecule has 2 aromatic rings. The van der Waals surface area contributed by atoms with E-state index in [4.69, 9.17) is 12.2 Å². The summed E-state index contributed by atoms with van der Waals surface area (Å²) >= 11 is 5.55. The lowest BCUT2D eigenvalue weighted by atomic mass is 9.92. The van der Waals surface area contributed by atoms with Gasteiger partial charge in [0.05, 0.1) is 5.69 Å². The molecule has 0 atom stereocenters. The number of rotatable bonds is 3. The second kappa shape index (κ2) is 5.57. The normalized spacial score (nSPS) is 11.8. The highest BCUT2D eigenvalue weighted by Gasteiger charge is 2.22. The van der Waals surface area contributed by atoms with Gasteiger partial charge in [0.25, 0.3) is 0 Å². The number of aromatic nitrogens is 2. The highest BCUT2D eigenvalue weighted by Crippen LogP contribution is 2.29. The minimum atomic E-state index is 0.0550. The van der Waals surface area contributed by atoms with Gasteiger partial charge in [-0.05, 0) is 36.2 Å². The summed E-state index contributed by atoms with van der Waals surface area (Å²) in [6.45, 7) is 11.1. The fourth-order valence-corrected chi connectivity index (χ4v) is 2.89. The number of imidazole rings is 1. The first-order valence-corrected chi connectivity index (χ1v) is 7.73. The van der Waals surface area contributed by atoms with Crippen molar-refractivity contribution in [1.29, 1.82) is 0 Å². The van der Waals surface area contributed by atoms with Gasteiger partial charge in [0, 0.05) is 17.3 Å². The Labute approximate surface area is 126 Å². The van der Waals surface area contributed by atoms with Gasteiger partial charge in [0.1, 0.15) is 0 Å². The van der Waals surface area contributed by atoms with Crippen molar-refractivity contribution in [3.05, 3.63) is 46.0 Å². The standard InChI is InChI=1S/C17H24N2S/c1-6-12-9-8-10-13(7-2)15(12)19-14(17(3,4)5)11-18-16(19)20/h8-11H,6-7H2,1-5H3,(H,18,20). The van der Waals surface area contributed by atoms with Crippen molar-refractivity contribution in [3.8, 4) is 5.69 Å². The molecule has 0 bridgehead atoms. The van der Waals surface area contributed by atoms with E-state index in [0.717, 1.165) is 17.6 Å². The van der Waals surface area contributed by atoms with Gasteiger partial charge in [-0.1, -0.05) is 52.8 Å². The van der Waals surface area contributed by atoms with Crippen LogP contribution in [-0.4, -0.2) is 9.55 Å². The van der Waals surface area contributed by atoms with Crippen molar-refractivity contribution < 1.29 is 0 Å². The minimum absolute atomic E-state index is 0.0550. The maximum atomic E-state index is 5.55. The Balaban J connectivity index is 2.81. The number of nitrogens with zero attached hydrogens (tertiary/aromatic N) is 1. The maximum Gasteiger partial charge on any atom is 0.182 e. The molecule has 0 aliphatic rings. The van der Waals surface area contributed by atoms with Gasteiger partial charge in [0.15, 0.2) is 4.77 Å². The van der Waals surface area contributed by atoms with Crippen molar-refractivity contribution in [2.45, 2.75) is 52.9 Å². The number of H-pyrrole nitrogens is 1. The van der Waals surface area contributed by atoms with E-state index in [1.54, 1.807) is 0 Å². The van der Waals surface area contributed by atoms with Gasteiger partial charge in [0.2, 0.25) is 0 Å². The Bertz CT molecular complexity index is 634. The van der Waals surface area contributed by atoms with Crippen LogP contribution in [0.1, 0.15) is 51.4 Å². The average molecular weight is 288 g/mol. The van der Waals surface area contributed by atoms with E-state index in [1.807, 2.05) is 6.20 Å². The van der Waals surface area contributed by atoms with Crippen LogP contribution in [0.3, 0.4) is 0 Å². The summed E-state index contributed by atoms with van der Waals surface area (Å²) in [4.78, 5) is 3.22. The van der Waals surface area contributed by atoms with Crippen molar-refractivity contribution in [2.75, 3.05) is 0 Å². The molecule has 0 unspecified atom stereocenters. The molecule has 0 amide bonds. The second-order valence-corrected chi connectivity index (χ2v) is 6.58. The number of hydrogen-bond acceptors (Lipinski definition) is 1. The zero-order chi connectivity index (χ0) is 14.9. The van der Waals surface area contributed by atoms with E-state index >= 15 is 0 Å². The molecular formula is C17H24N2S. The quantitative estimate of drug-likeness (QED) is 0.792. The van der Waals surface area contributed by atoms with E-state index in [2.05, 4.69) is 62.4 Å². The van der Waals surface area contributed by atoms with E-state index < -0.39 is 0 Å². The molecule has 3 heteroatoms. The van der Waals surface area contributed by atoms with Crippen LogP contribution >= 0.6 is 12.2 Å². The molecule has 0 radical (unpaired) electrons. The Morgan fingerprint density at radius 1 is 1.10 bits per heavy atom. The summed E-state index contributed by atoms with van der Waals surface area (Å²) in [6.07, 6.45) is 4.08. The zero-order valence-corrected chi connectivity index (χ0v) is 13.9. The molecule has 2 nitrogen and oxygen atoms in total. The molecule has 20 heavy (non-hydrogen) atoms. The molecule has 1 aromatic carbocycles. The predicted molar refractivity (Wildman–Crippen MR) is 88.4 cm³/mol. The topological polar surface area (TPSA) is 20.7 Å². The van der Waals surface area contributed by atoms with Crippen LogP contribution in [0.5, 0.6) is 0 Å². The van der Waals surface area contributed by atoms with Crippen LogP contribution in [0, 0.1) is 4.77 Å². The Morgan fingerprint density at radius 2 is 1.65 bits per heavy atom. The predicted octanol–water partition coefficient (Wildman–Crippen LogP) is 4.96. The SMILES string of the molecule is CCc1cccc(CC)c1-n1c(C(C)(C)C)c[nH]c1=S. The van der Waals surface area contributed by atoms with Crippen LogP contribution in [0.2, 0.25) is 0 Å². The third kappa shape index (κ3) is 2.59. The highest BCUT2D eigenvalue weighted by molar-refractivity contribution is 7.71. The molecule has 1 N–H and O–H groups in total. The van der Waals surface area contributed by atoms with Crippen LogP contribution in [0.25, 0.3) is 5.69 Å². The van der Waals surface area contributed by atoms with E-state index in [0.29, 0.717) is 0 Å². The molecular weight excluding hydrogens is 264 g/mol. The first kappa shape index (κ1) is 15.0. The summed E-state index contributed by atoms with van der Waals surface area (Å²) in [6, 6.07) is 6.56. The number of para-hydroxylation sites is 1. The Kier molecular flexibility index (Phi) is 4.19. The molecule has 2 rings (SSSR count). The van der Waals surface area contributed by atoms with Gasteiger partial charge in [-0.2, -0.15) is 0 Å². The highest BCUT2D eigenvalue weighted by atomic mass is 32.1. The average Bonchev–Trinajstić information content (AvgIpc) is 2.79. The Hall–Kier alpha value is -1.35. The molecule has 0 saturated carbocycles. The molecule has 0 saturated heterocycles. The van der Waals surface area contributed by atoms with E-state index in [9.17, 15) is 0 Å². The molecule has 0 fully saturated rings. The number of aromatic amines is 1. The minimum Gasteiger partial charge on any atom is -0.337 e. The monoisotopic (exact) mass is 288 g/mol.